The number of fused-ring (bicyclic) bond motifs is 1. The predicted molar refractivity (Wildman–Crippen MR) is 80.3 cm³/mol. The molecule has 0 radical (unpaired) electrons. The third-order valence-electron chi connectivity index (χ3n) is 4.53. The largest absolute Gasteiger partial charge is 0.472 e. The molecule has 0 aromatic carbocycles. The number of ether oxygens (including phenoxy) is 2. The van der Waals surface area contributed by atoms with Crippen LogP contribution in [0, 0.1) is 0 Å². The molecule has 6 nitrogen and oxygen atoms in total. The highest BCUT2D eigenvalue weighted by atomic mass is 16.5. The number of nitrogens with one attached hydrogen (secondary N) is 1. The SMILES string of the molecule is COCCNC(=O)[C@@H]1CC[C@@H]2[C@@H](CCN2Cc2ccoc2)O1. The fourth-order valence-electron chi connectivity index (χ4n) is 3.41. The number of methoxy groups -OCH3 is 1. The van der Waals surface area contributed by atoms with Crippen molar-refractivity contribution in [2.75, 3.05) is 26.8 Å². The standard InChI is InChI=1S/C16H24N2O4/c1-20-9-6-17-16(19)15-3-2-13-14(22-15)4-7-18(13)10-12-5-8-21-11-12/h5,8,11,13-15H,2-4,6-7,9-10H2,1H3,(H,17,19)/t13-,14-,15+/m1/s1. The summed E-state index contributed by atoms with van der Waals surface area (Å²) in [5.74, 6) is -0.0104. The zero-order valence-electron chi connectivity index (χ0n) is 13.0. The average molecular weight is 308 g/mol. The van der Waals surface area contributed by atoms with Crippen LogP contribution in [0.3, 0.4) is 0 Å². The van der Waals surface area contributed by atoms with E-state index in [-0.39, 0.29) is 18.1 Å². The third kappa shape index (κ3) is 3.51. The Morgan fingerprint density at radius 1 is 1.45 bits per heavy atom. The fourth-order valence-corrected chi connectivity index (χ4v) is 3.41. The number of hydrogen-bond donors (Lipinski definition) is 1. The molecule has 0 aliphatic carbocycles. The molecule has 2 aliphatic heterocycles. The molecule has 2 aliphatic rings. The first-order valence-corrected chi connectivity index (χ1v) is 7.95. The molecule has 3 atom stereocenters. The van der Waals surface area contributed by atoms with Gasteiger partial charge in [0.05, 0.1) is 25.2 Å². The number of likely N-dealkylation sites (tertiary alicyclic amines) is 1. The Balaban J connectivity index is 1.49. The van der Waals surface area contributed by atoms with E-state index in [1.165, 1.54) is 5.56 Å². The Morgan fingerprint density at radius 3 is 3.14 bits per heavy atom. The fraction of sp³-hybridized carbons (Fsp3) is 0.688. The van der Waals surface area contributed by atoms with E-state index in [9.17, 15) is 4.79 Å². The van der Waals surface area contributed by atoms with Gasteiger partial charge in [0.15, 0.2) is 0 Å². The van der Waals surface area contributed by atoms with Crippen molar-refractivity contribution in [1.82, 2.24) is 10.2 Å². The lowest BCUT2D eigenvalue weighted by atomic mass is 9.98. The number of hydrogen-bond acceptors (Lipinski definition) is 5. The van der Waals surface area contributed by atoms with Crippen LogP contribution in [-0.2, 0) is 20.8 Å². The summed E-state index contributed by atoms with van der Waals surface area (Å²) in [4.78, 5) is 14.5. The molecule has 1 amide bonds. The van der Waals surface area contributed by atoms with Crippen LogP contribution in [-0.4, -0.2) is 55.9 Å². The summed E-state index contributed by atoms with van der Waals surface area (Å²) in [6.07, 6.45) is 6.13. The molecule has 2 saturated heterocycles. The van der Waals surface area contributed by atoms with Gasteiger partial charge in [0.1, 0.15) is 6.10 Å². The highest BCUT2D eigenvalue weighted by Gasteiger charge is 2.41. The van der Waals surface area contributed by atoms with Crippen molar-refractivity contribution in [2.45, 2.75) is 44.1 Å². The van der Waals surface area contributed by atoms with Crippen molar-refractivity contribution in [2.24, 2.45) is 0 Å². The van der Waals surface area contributed by atoms with Gasteiger partial charge in [-0.15, -0.1) is 0 Å². The summed E-state index contributed by atoms with van der Waals surface area (Å²) >= 11 is 0. The Bertz CT molecular complexity index is 477. The van der Waals surface area contributed by atoms with Gasteiger partial charge in [-0.05, 0) is 25.3 Å². The lowest BCUT2D eigenvalue weighted by Gasteiger charge is -2.35. The van der Waals surface area contributed by atoms with Crippen LogP contribution in [0.25, 0.3) is 0 Å². The normalized spacial score (nSPS) is 28.5. The van der Waals surface area contributed by atoms with E-state index in [1.54, 1.807) is 19.6 Å². The van der Waals surface area contributed by atoms with Gasteiger partial charge in [-0.3, -0.25) is 9.69 Å². The first kappa shape index (κ1) is 15.5. The molecule has 0 bridgehead atoms. The number of carbonyl (C=O) groups is 1. The summed E-state index contributed by atoms with van der Waals surface area (Å²) in [5.41, 5.74) is 1.19. The summed E-state index contributed by atoms with van der Waals surface area (Å²) in [7, 11) is 1.63. The minimum Gasteiger partial charge on any atom is -0.472 e. The van der Waals surface area contributed by atoms with Crippen molar-refractivity contribution in [3.8, 4) is 0 Å². The quantitative estimate of drug-likeness (QED) is 0.799. The average Bonchev–Trinajstić information content (AvgIpc) is 3.18. The second kappa shape index (κ2) is 7.26. The minimum absolute atomic E-state index is 0.0104. The zero-order chi connectivity index (χ0) is 15.4. The molecular formula is C16H24N2O4. The number of nitrogens with zero attached hydrogens (tertiary/aromatic N) is 1. The van der Waals surface area contributed by atoms with Gasteiger partial charge < -0.3 is 19.2 Å². The first-order chi connectivity index (χ1) is 10.8. The molecule has 3 rings (SSSR count). The Labute approximate surface area is 130 Å². The third-order valence-corrected chi connectivity index (χ3v) is 4.53. The van der Waals surface area contributed by atoms with Gasteiger partial charge in [-0.1, -0.05) is 0 Å². The zero-order valence-corrected chi connectivity index (χ0v) is 13.0. The first-order valence-electron chi connectivity index (χ1n) is 7.95. The van der Waals surface area contributed by atoms with Gasteiger partial charge >= 0.3 is 0 Å². The molecule has 3 heterocycles. The topological polar surface area (TPSA) is 63.9 Å². The second-order valence-corrected chi connectivity index (χ2v) is 5.98. The maximum atomic E-state index is 12.1. The van der Waals surface area contributed by atoms with E-state index in [2.05, 4.69) is 10.2 Å². The number of carbonyl (C=O) groups excluding carboxylic acids is 1. The molecular weight excluding hydrogens is 284 g/mol. The van der Waals surface area contributed by atoms with E-state index >= 15 is 0 Å². The summed E-state index contributed by atoms with van der Waals surface area (Å²) < 4.78 is 16.1. The van der Waals surface area contributed by atoms with Crippen LogP contribution in [0.5, 0.6) is 0 Å². The minimum atomic E-state index is -0.313. The smallest absolute Gasteiger partial charge is 0.249 e. The lowest BCUT2D eigenvalue weighted by Crippen LogP contribution is -2.48. The predicted octanol–water partition coefficient (Wildman–Crippen LogP) is 1.16. The number of rotatable bonds is 6. The molecule has 0 spiro atoms. The van der Waals surface area contributed by atoms with E-state index < -0.39 is 0 Å². The van der Waals surface area contributed by atoms with Gasteiger partial charge in [-0.2, -0.15) is 0 Å². The van der Waals surface area contributed by atoms with Crippen molar-refractivity contribution in [3.63, 3.8) is 0 Å². The summed E-state index contributed by atoms with van der Waals surface area (Å²) in [5, 5.41) is 2.87. The molecule has 1 aromatic rings. The van der Waals surface area contributed by atoms with Crippen LogP contribution in [0.2, 0.25) is 0 Å². The highest BCUT2D eigenvalue weighted by Crippen LogP contribution is 2.32. The summed E-state index contributed by atoms with van der Waals surface area (Å²) in [6, 6.07) is 2.42. The van der Waals surface area contributed by atoms with Crippen molar-refractivity contribution < 1.29 is 18.7 Å². The lowest BCUT2D eigenvalue weighted by molar-refractivity contribution is -0.144. The van der Waals surface area contributed by atoms with Crippen molar-refractivity contribution in [3.05, 3.63) is 24.2 Å². The molecule has 0 unspecified atom stereocenters. The van der Waals surface area contributed by atoms with E-state index in [0.717, 1.165) is 32.4 Å². The number of furan rings is 1. The molecule has 6 heteroatoms. The Hall–Kier alpha value is -1.37. The van der Waals surface area contributed by atoms with Crippen LogP contribution < -0.4 is 5.32 Å². The highest BCUT2D eigenvalue weighted by molar-refractivity contribution is 5.80. The Morgan fingerprint density at radius 2 is 2.36 bits per heavy atom. The van der Waals surface area contributed by atoms with Crippen molar-refractivity contribution >= 4 is 5.91 Å². The van der Waals surface area contributed by atoms with Crippen LogP contribution in [0.1, 0.15) is 24.8 Å². The Kier molecular flexibility index (Phi) is 5.12. The second-order valence-electron chi connectivity index (χ2n) is 5.98. The van der Waals surface area contributed by atoms with E-state index in [0.29, 0.717) is 19.2 Å². The molecule has 22 heavy (non-hydrogen) atoms. The van der Waals surface area contributed by atoms with Gasteiger partial charge in [0.25, 0.3) is 0 Å². The monoisotopic (exact) mass is 308 g/mol. The molecule has 1 N–H and O–H groups in total. The molecule has 0 saturated carbocycles. The molecule has 1 aromatic heterocycles. The van der Waals surface area contributed by atoms with Crippen LogP contribution in [0.15, 0.2) is 23.0 Å². The van der Waals surface area contributed by atoms with Crippen LogP contribution >= 0.6 is 0 Å². The van der Waals surface area contributed by atoms with Gasteiger partial charge in [0, 0.05) is 38.3 Å². The molecule has 2 fully saturated rings. The van der Waals surface area contributed by atoms with Crippen molar-refractivity contribution in [1.29, 1.82) is 0 Å². The maximum Gasteiger partial charge on any atom is 0.249 e. The van der Waals surface area contributed by atoms with Gasteiger partial charge in [-0.25, -0.2) is 0 Å². The van der Waals surface area contributed by atoms with Gasteiger partial charge in [0.2, 0.25) is 5.91 Å². The van der Waals surface area contributed by atoms with E-state index in [1.807, 2.05) is 6.07 Å². The number of amides is 1. The van der Waals surface area contributed by atoms with Crippen LogP contribution in [0.4, 0.5) is 0 Å². The summed E-state index contributed by atoms with van der Waals surface area (Å²) in [6.45, 7) is 2.98. The maximum absolute atomic E-state index is 12.1. The molecule has 122 valence electrons. The van der Waals surface area contributed by atoms with E-state index in [4.69, 9.17) is 13.9 Å².